The van der Waals surface area contributed by atoms with Crippen LogP contribution in [0.15, 0.2) is 62.2 Å². The molecule has 4 rings (SSSR count). The molecule has 29 heavy (non-hydrogen) atoms. The van der Waals surface area contributed by atoms with Crippen LogP contribution in [0.3, 0.4) is 0 Å². The van der Waals surface area contributed by atoms with Crippen LogP contribution in [0.2, 0.25) is 5.02 Å². The molecule has 0 unspecified atom stereocenters. The van der Waals surface area contributed by atoms with E-state index in [1.807, 2.05) is 6.92 Å². The molecule has 146 valence electrons. The SMILES string of the molecule is Cc1cc(=O)oc2cc(OCc3nnc(NC(=O)c4cccc(Cl)c4)o3)ccc12. The molecule has 0 spiro atoms. The van der Waals surface area contributed by atoms with Gasteiger partial charge in [-0.15, -0.1) is 5.10 Å². The number of amides is 1. The van der Waals surface area contributed by atoms with E-state index in [-0.39, 0.29) is 18.5 Å². The normalized spacial score (nSPS) is 10.8. The zero-order valence-corrected chi connectivity index (χ0v) is 15.9. The predicted molar refractivity (Wildman–Crippen MR) is 105 cm³/mol. The molecule has 9 heteroatoms. The number of carbonyl (C=O) groups excluding carboxylic acids is 1. The Kier molecular flexibility index (Phi) is 5.01. The van der Waals surface area contributed by atoms with Gasteiger partial charge in [-0.2, -0.15) is 0 Å². The maximum Gasteiger partial charge on any atom is 0.336 e. The number of halogens is 1. The first kappa shape index (κ1) is 18.7. The second-order valence-electron chi connectivity index (χ2n) is 6.16. The van der Waals surface area contributed by atoms with Crippen LogP contribution < -0.4 is 15.7 Å². The Morgan fingerprint density at radius 2 is 2.00 bits per heavy atom. The Labute approximate surface area is 169 Å². The van der Waals surface area contributed by atoms with E-state index in [2.05, 4.69) is 15.5 Å². The molecule has 0 aliphatic carbocycles. The first-order valence-corrected chi connectivity index (χ1v) is 8.92. The van der Waals surface area contributed by atoms with Crippen molar-refractivity contribution < 1.29 is 18.4 Å². The zero-order valence-electron chi connectivity index (χ0n) is 15.1. The molecule has 0 saturated carbocycles. The predicted octanol–water partition coefficient (Wildman–Crippen LogP) is 3.97. The molecule has 1 N–H and O–H groups in total. The summed E-state index contributed by atoms with van der Waals surface area (Å²) in [5.41, 5.74) is 1.18. The van der Waals surface area contributed by atoms with Gasteiger partial charge in [-0.25, -0.2) is 4.79 Å². The molecular formula is C20H14ClN3O5. The molecular weight excluding hydrogens is 398 g/mol. The van der Waals surface area contributed by atoms with Crippen LogP contribution in [0.4, 0.5) is 6.01 Å². The molecule has 2 aromatic carbocycles. The lowest BCUT2D eigenvalue weighted by molar-refractivity contribution is 0.102. The van der Waals surface area contributed by atoms with Crippen LogP contribution in [-0.4, -0.2) is 16.1 Å². The minimum Gasteiger partial charge on any atom is -0.484 e. The van der Waals surface area contributed by atoms with Gasteiger partial charge in [-0.3, -0.25) is 10.1 Å². The Morgan fingerprint density at radius 1 is 1.14 bits per heavy atom. The number of anilines is 1. The lowest BCUT2D eigenvalue weighted by Crippen LogP contribution is -2.11. The molecule has 2 heterocycles. The molecule has 1 amide bonds. The highest BCUT2D eigenvalue weighted by atomic mass is 35.5. The van der Waals surface area contributed by atoms with Gasteiger partial charge < -0.3 is 13.6 Å². The molecule has 0 aliphatic heterocycles. The minimum absolute atomic E-state index is 0.0262. The number of ether oxygens (including phenoxy) is 1. The Hall–Kier alpha value is -3.65. The average molecular weight is 412 g/mol. The third-order valence-corrected chi connectivity index (χ3v) is 4.29. The van der Waals surface area contributed by atoms with Gasteiger partial charge in [-0.05, 0) is 42.8 Å². The van der Waals surface area contributed by atoms with Gasteiger partial charge >= 0.3 is 11.6 Å². The van der Waals surface area contributed by atoms with Crippen molar-refractivity contribution >= 4 is 34.5 Å². The van der Waals surface area contributed by atoms with Crippen LogP contribution >= 0.6 is 11.6 Å². The van der Waals surface area contributed by atoms with E-state index in [1.165, 1.54) is 12.1 Å². The average Bonchev–Trinajstić information content (AvgIpc) is 3.13. The zero-order chi connectivity index (χ0) is 20.4. The lowest BCUT2D eigenvalue weighted by atomic mass is 10.1. The smallest absolute Gasteiger partial charge is 0.336 e. The van der Waals surface area contributed by atoms with Crippen molar-refractivity contribution in [2.45, 2.75) is 13.5 Å². The summed E-state index contributed by atoms with van der Waals surface area (Å²) >= 11 is 5.88. The van der Waals surface area contributed by atoms with Gasteiger partial charge in [0.25, 0.3) is 11.8 Å². The number of aromatic nitrogens is 2. The van der Waals surface area contributed by atoms with E-state index in [4.69, 9.17) is 25.2 Å². The Bertz CT molecular complexity index is 1260. The highest BCUT2D eigenvalue weighted by Crippen LogP contribution is 2.23. The molecule has 0 atom stereocenters. The van der Waals surface area contributed by atoms with Crippen LogP contribution in [-0.2, 0) is 6.61 Å². The third kappa shape index (κ3) is 4.27. The van der Waals surface area contributed by atoms with E-state index in [0.717, 1.165) is 10.9 Å². The molecule has 2 aromatic heterocycles. The molecule has 0 saturated heterocycles. The Balaban J connectivity index is 1.42. The number of benzene rings is 2. The Morgan fingerprint density at radius 3 is 2.83 bits per heavy atom. The highest BCUT2D eigenvalue weighted by Gasteiger charge is 2.13. The summed E-state index contributed by atoms with van der Waals surface area (Å²) in [5, 5.41) is 11.4. The van der Waals surface area contributed by atoms with Gasteiger partial charge in [0.15, 0.2) is 6.61 Å². The number of hydrogen-bond acceptors (Lipinski definition) is 7. The lowest BCUT2D eigenvalue weighted by Gasteiger charge is -2.05. The van der Waals surface area contributed by atoms with E-state index in [0.29, 0.717) is 21.9 Å². The number of hydrogen-bond donors (Lipinski definition) is 1. The van der Waals surface area contributed by atoms with Crippen molar-refractivity contribution in [2.24, 2.45) is 0 Å². The van der Waals surface area contributed by atoms with Crippen molar-refractivity contribution in [1.29, 1.82) is 0 Å². The summed E-state index contributed by atoms with van der Waals surface area (Å²) in [6.45, 7) is 1.80. The fraction of sp³-hybridized carbons (Fsp3) is 0.100. The quantitative estimate of drug-likeness (QED) is 0.495. The van der Waals surface area contributed by atoms with Crippen molar-refractivity contribution in [3.8, 4) is 5.75 Å². The monoisotopic (exact) mass is 411 g/mol. The molecule has 0 fully saturated rings. The largest absolute Gasteiger partial charge is 0.484 e. The van der Waals surface area contributed by atoms with Crippen LogP contribution in [0, 0.1) is 6.92 Å². The minimum atomic E-state index is -0.427. The van der Waals surface area contributed by atoms with E-state index in [9.17, 15) is 9.59 Å². The van der Waals surface area contributed by atoms with Crippen LogP contribution in [0.25, 0.3) is 11.0 Å². The van der Waals surface area contributed by atoms with Gasteiger partial charge in [0, 0.05) is 28.1 Å². The van der Waals surface area contributed by atoms with E-state index >= 15 is 0 Å². The highest BCUT2D eigenvalue weighted by molar-refractivity contribution is 6.31. The number of nitrogens with zero attached hydrogens (tertiary/aromatic N) is 2. The summed E-state index contributed by atoms with van der Waals surface area (Å²) in [6.07, 6.45) is 0. The maximum absolute atomic E-state index is 12.2. The maximum atomic E-state index is 12.2. The van der Waals surface area contributed by atoms with Gasteiger partial charge in [-0.1, -0.05) is 22.8 Å². The summed E-state index contributed by atoms with van der Waals surface area (Å²) in [4.78, 5) is 23.7. The summed E-state index contributed by atoms with van der Waals surface area (Å²) in [5.74, 6) is 0.203. The molecule has 8 nitrogen and oxygen atoms in total. The van der Waals surface area contributed by atoms with Gasteiger partial charge in [0.2, 0.25) is 0 Å². The van der Waals surface area contributed by atoms with E-state index < -0.39 is 11.5 Å². The van der Waals surface area contributed by atoms with Gasteiger partial charge in [0.1, 0.15) is 11.3 Å². The number of rotatable bonds is 5. The molecule has 0 radical (unpaired) electrons. The second kappa shape index (κ2) is 7.76. The number of aryl methyl sites for hydroxylation is 1. The number of nitrogens with one attached hydrogen (secondary N) is 1. The number of carbonyl (C=O) groups is 1. The van der Waals surface area contributed by atoms with Crippen molar-refractivity contribution in [3.63, 3.8) is 0 Å². The van der Waals surface area contributed by atoms with Crippen LogP contribution in [0.5, 0.6) is 5.75 Å². The molecule has 0 bridgehead atoms. The van der Waals surface area contributed by atoms with Crippen LogP contribution in [0.1, 0.15) is 21.8 Å². The third-order valence-electron chi connectivity index (χ3n) is 4.06. The first-order chi connectivity index (χ1) is 14.0. The van der Waals surface area contributed by atoms with Gasteiger partial charge in [0.05, 0.1) is 0 Å². The topological polar surface area (TPSA) is 107 Å². The first-order valence-electron chi connectivity index (χ1n) is 8.54. The molecule has 0 aliphatic rings. The standard InChI is InChI=1S/C20H14ClN3O5/c1-11-7-18(25)28-16-9-14(5-6-15(11)16)27-10-17-23-24-20(29-17)22-19(26)12-3-2-4-13(21)8-12/h2-9H,10H2,1H3,(H,22,24,26). The van der Waals surface area contributed by atoms with Crippen molar-refractivity contribution in [2.75, 3.05) is 5.32 Å². The van der Waals surface area contributed by atoms with Crippen molar-refractivity contribution in [1.82, 2.24) is 10.2 Å². The fourth-order valence-corrected chi connectivity index (χ4v) is 2.89. The van der Waals surface area contributed by atoms with E-state index in [1.54, 1.807) is 36.4 Å². The fourth-order valence-electron chi connectivity index (χ4n) is 2.70. The summed E-state index contributed by atoms with van der Waals surface area (Å²) in [7, 11) is 0. The summed E-state index contributed by atoms with van der Waals surface area (Å²) < 4.78 is 16.2. The number of fused-ring (bicyclic) bond motifs is 1. The second-order valence-corrected chi connectivity index (χ2v) is 6.60. The molecule has 4 aromatic rings. The van der Waals surface area contributed by atoms with Crippen molar-refractivity contribution in [3.05, 3.63) is 81.0 Å². The summed E-state index contributed by atoms with van der Waals surface area (Å²) in [6, 6.07) is 13.0.